The topological polar surface area (TPSA) is 29.1 Å². The molecule has 0 bridgehead atoms. The van der Waals surface area contributed by atoms with E-state index in [1.807, 2.05) is 18.2 Å². The minimum atomic E-state index is 0.211. The molecular weight excluding hydrogens is 330 g/mol. The van der Waals surface area contributed by atoms with Crippen molar-refractivity contribution in [2.24, 2.45) is 5.92 Å². The fraction of sp³-hybridized carbons (Fsp3) is 0.720. The molecular formula is C25H43NO. The van der Waals surface area contributed by atoms with Crippen molar-refractivity contribution >= 4 is 5.91 Å². The van der Waals surface area contributed by atoms with E-state index in [1.54, 1.807) is 0 Å². The number of unbranched alkanes of at least 4 members (excludes halogenated alkanes) is 10. The lowest BCUT2D eigenvalue weighted by molar-refractivity contribution is -0.121. The number of carbonyl (C=O) groups is 1. The number of nitrogens with one attached hydrogen (secondary N) is 1. The average molecular weight is 374 g/mol. The Morgan fingerprint density at radius 2 is 1.30 bits per heavy atom. The van der Waals surface area contributed by atoms with Gasteiger partial charge in [-0.2, -0.15) is 0 Å². The summed E-state index contributed by atoms with van der Waals surface area (Å²) in [7, 11) is 0. The summed E-state index contributed by atoms with van der Waals surface area (Å²) in [5, 5.41) is 3.04. The molecule has 0 aromatic heterocycles. The zero-order valence-corrected chi connectivity index (χ0v) is 18.0. The summed E-state index contributed by atoms with van der Waals surface area (Å²) in [6.45, 7) is 5.39. The predicted molar refractivity (Wildman–Crippen MR) is 118 cm³/mol. The van der Waals surface area contributed by atoms with E-state index in [1.165, 1.54) is 76.2 Å². The number of carbonyl (C=O) groups excluding carboxylic acids is 1. The van der Waals surface area contributed by atoms with Crippen molar-refractivity contribution in [1.82, 2.24) is 5.32 Å². The van der Waals surface area contributed by atoms with Gasteiger partial charge in [-0.1, -0.05) is 115 Å². The Morgan fingerprint density at radius 3 is 1.85 bits per heavy atom. The van der Waals surface area contributed by atoms with Crippen LogP contribution in [0.15, 0.2) is 30.3 Å². The summed E-state index contributed by atoms with van der Waals surface area (Å²) in [5.74, 6) is 1.08. The van der Waals surface area contributed by atoms with Gasteiger partial charge in [-0.05, 0) is 24.3 Å². The first-order valence-electron chi connectivity index (χ1n) is 11.5. The van der Waals surface area contributed by atoms with Crippen LogP contribution in [0, 0.1) is 5.92 Å². The minimum absolute atomic E-state index is 0.211. The van der Waals surface area contributed by atoms with Crippen molar-refractivity contribution in [3.05, 3.63) is 35.9 Å². The second-order valence-electron chi connectivity index (χ2n) is 8.41. The molecule has 0 aliphatic carbocycles. The van der Waals surface area contributed by atoms with Crippen LogP contribution in [0.5, 0.6) is 0 Å². The molecule has 1 aromatic carbocycles. The normalized spacial score (nSPS) is 11.1. The summed E-state index contributed by atoms with van der Waals surface area (Å²) < 4.78 is 0. The Bertz CT molecular complexity index is 455. The number of amides is 1. The maximum Gasteiger partial charge on any atom is 0.220 e. The highest BCUT2D eigenvalue weighted by Crippen LogP contribution is 2.14. The maximum atomic E-state index is 11.8. The monoisotopic (exact) mass is 373 g/mol. The van der Waals surface area contributed by atoms with Gasteiger partial charge in [-0.3, -0.25) is 4.79 Å². The van der Waals surface area contributed by atoms with E-state index in [9.17, 15) is 4.79 Å². The molecule has 0 aliphatic heterocycles. The molecule has 2 heteroatoms. The van der Waals surface area contributed by atoms with Crippen LogP contribution in [-0.4, -0.2) is 12.5 Å². The standard InChI is InChI=1S/C25H43NO/c1-23(2)17-13-10-8-6-4-3-5-7-9-11-16-20-25(27)26-22-21-24-18-14-12-15-19-24/h12,14-15,18-19,23H,3-11,13,16-17,20-22H2,1-2H3,(H,26,27). The van der Waals surface area contributed by atoms with Crippen molar-refractivity contribution in [3.8, 4) is 0 Å². The van der Waals surface area contributed by atoms with Crippen LogP contribution >= 0.6 is 0 Å². The molecule has 0 aliphatic rings. The molecule has 0 unspecified atom stereocenters. The van der Waals surface area contributed by atoms with Crippen LogP contribution in [0.4, 0.5) is 0 Å². The predicted octanol–water partition coefficient (Wildman–Crippen LogP) is 7.07. The lowest BCUT2D eigenvalue weighted by atomic mass is 10.0. The molecule has 0 heterocycles. The third-order valence-corrected chi connectivity index (χ3v) is 5.26. The van der Waals surface area contributed by atoms with E-state index in [2.05, 4.69) is 31.3 Å². The molecule has 0 saturated carbocycles. The SMILES string of the molecule is CC(C)CCCCCCCCCCCCCC(=O)NCCc1ccccc1. The fourth-order valence-corrected chi connectivity index (χ4v) is 3.51. The first-order chi connectivity index (χ1) is 13.2. The van der Waals surface area contributed by atoms with Gasteiger partial charge >= 0.3 is 0 Å². The van der Waals surface area contributed by atoms with Gasteiger partial charge in [0, 0.05) is 13.0 Å². The van der Waals surface area contributed by atoms with E-state index < -0.39 is 0 Å². The molecule has 1 amide bonds. The number of hydrogen-bond donors (Lipinski definition) is 1. The number of hydrogen-bond acceptors (Lipinski definition) is 1. The molecule has 27 heavy (non-hydrogen) atoms. The molecule has 0 atom stereocenters. The summed E-state index contributed by atoms with van der Waals surface area (Å²) in [5.41, 5.74) is 1.29. The lowest BCUT2D eigenvalue weighted by Crippen LogP contribution is -2.25. The Balaban J connectivity index is 1.78. The van der Waals surface area contributed by atoms with Crippen LogP contribution < -0.4 is 5.32 Å². The summed E-state index contributed by atoms with van der Waals surface area (Å²) in [6, 6.07) is 10.3. The van der Waals surface area contributed by atoms with Crippen LogP contribution in [0.25, 0.3) is 0 Å². The van der Waals surface area contributed by atoms with Gasteiger partial charge in [-0.15, -0.1) is 0 Å². The molecule has 1 aromatic rings. The van der Waals surface area contributed by atoms with Crippen molar-refractivity contribution in [3.63, 3.8) is 0 Å². The third-order valence-electron chi connectivity index (χ3n) is 5.26. The van der Waals surface area contributed by atoms with Crippen molar-refractivity contribution in [1.29, 1.82) is 0 Å². The molecule has 0 fully saturated rings. The van der Waals surface area contributed by atoms with Gasteiger partial charge < -0.3 is 5.32 Å². The smallest absolute Gasteiger partial charge is 0.220 e. The summed E-state index contributed by atoms with van der Waals surface area (Å²) >= 11 is 0. The molecule has 0 saturated heterocycles. The second kappa shape index (κ2) is 16.8. The molecule has 154 valence electrons. The van der Waals surface area contributed by atoms with E-state index >= 15 is 0 Å². The van der Waals surface area contributed by atoms with Crippen molar-refractivity contribution < 1.29 is 4.79 Å². The highest BCUT2D eigenvalue weighted by molar-refractivity contribution is 5.75. The second-order valence-corrected chi connectivity index (χ2v) is 8.41. The maximum absolute atomic E-state index is 11.8. The van der Waals surface area contributed by atoms with Gasteiger partial charge in [0.25, 0.3) is 0 Å². The summed E-state index contributed by atoms with van der Waals surface area (Å²) in [6.07, 6.45) is 17.7. The lowest BCUT2D eigenvalue weighted by Gasteiger charge is -2.06. The Morgan fingerprint density at radius 1 is 0.778 bits per heavy atom. The largest absolute Gasteiger partial charge is 0.356 e. The van der Waals surface area contributed by atoms with Crippen LogP contribution in [0.1, 0.15) is 103 Å². The van der Waals surface area contributed by atoms with Crippen molar-refractivity contribution in [2.75, 3.05) is 6.54 Å². The quantitative estimate of drug-likeness (QED) is 0.291. The van der Waals surface area contributed by atoms with E-state index in [0.717, 1.165) is 25.3 Å². The third kappa shape index (κ3) is 15.4. The molecule has 0 spiro atoms. The van der Waals surface area contributed by atoms with Crippen molar-refractivity contribution in [2.45, 2.75) is 104 Å². The Labute approximate surface area is 168 Å². The summed E-state index contributed by atoms with van der Waals surface area (Å²) in [4.78, 5) is 11.8. The zero-order valence-electron chi connectivity index (χ0n) is 18.0. The van der Waals surface area contributed by atoms with Gasteiger partial charge in [0.15, 0.2) is 0 Å². The zero-order chi connectivity index (χ0) is 19.6. The minimum Gasteiger partial charge on any atom is -0.356 e. The highest BCUT2D eigenvalue weighted by atomic mass is 16.1. The van der Waals surface area contributed by atoms with E-state index in [0.29, 0.717) is 6.42 Å². The number of rotatable bonds is 17. The highest BCUT2D eigenvalue weighted by Gasteiger charge is 2.01. The molecule has 1 N–H and O–H groups in total. The van der Waals surface area contributed by atoms with Crippen LogP contribution in [-0.2, 0) is 11.2 Å². The molecule has 2 nitrogen and oxygen atoms in total. The van der Waals surface area contributed by atoms with E-state index in [-0.39, 0.29) is 5.91 Å². The fourth-order valence-electron chi connectivity index (χ4n) is 3.51. The van der Waals surface area contributed by atoms with Gasteiger partial charge in [0.2, 0.25) is 5.91 Å². The molecule has 0 radical (unpaired) electrons. The van der Waals surface area contributed by atoms with Gasteiger partial charge in [0.1, 0.15) is 0 Å². The average Bonchev–Trinajstić information content (AvgIpc) is 2.66. The van der Waals surface area contributed by atoms with E-state index in [4.69, 9.17) is 0 Å². The van der Waals surface area contributed by atoms with Gasteiger partial charge in [-0.25, -0.2) is 0 Å². The van der Waals surface area contributed by atoms with Crippen LogP contribution in [0.2, 0.25) is 0 Å². The molecule has 1 rings (SSSR count). The van der Waals surface area contributed by atoms with Gasteiger partial charge in [0.05, 0.1) is 0 Å². The first kappa shape index (κ1) is 23.7. The van der Waals surface area contributed by atoms with Crippen LogP contribution in [0.3, 0.4) is 0 Å². The Kier molecular flexibility index (Phi) is 14.8. The number of benzene rings is 1. The Hall–Kier alpha value is -1.31. The first-order valence-corrected chi connectivity index (χ1v) is 11.5.